The molecule has 7 nitrogen and oxygen atoms in total. The molecular weight excluding hydrogens is 423 g/mol. The number of rotatable bonds is 6. The van der Waals surface area contributed by atoms with Gasteiger partial charge in [0.2, 0.25) is 15.9 Å². The molecule has 0 aromatic heterocycles. The van der Waals surface area contributed by atoms with Crippen LogP contribution in [0.3, 0.4) is 0 Å². The number of sulfonamides is 1. The van der Waals surface area contributed by atoms with E-state index in [1.54, 1.807) is 29.2 Å². The number of nitrogens with one attached hydrogen (secondary N) is 2. The molecule has 0 saturated carbocycles. The molecule has 0 radical (unpaired) electrons. The van der Waals surface area contributed by atoms with Gasteiger partial charge in [0.25, 0.3) is 5.91 Å². The van der Waals surface area contributed by atoms with E-state index in [1.165, 1.54) is 16.9 Å². The lowest BCUT2D eigenvalue weighted by atomic mass is 10.1. The van der Waals surface area contributed by atoms with Gasteiger partial charge >= 0.3 is 6.18 Å². The maximum absolute atomic E-state index is 12.5. The average Bonchev–Trinajstić information content (AvgIpc) is 3.12. The standard InChI is InChI=1S/C19H18F3N3O4S/c20-19(21,22)12-23-30(28,29)16-8-6-14(7-9-16)24-18(27)13-3-1-4-15(11-13)25-10-2-5-17(25)26/h1,3-4,6-9,11,23H,2,5,10,12H2,(H,24,27). The number of halogens is 3. The van der Waals surface area contributed by atoms with Gasteiger partial charge in [-0.05, 0) is 48.9 Å². The highest BCUT2D eigenvalue weighted by Crippen LogP contribution is 2.23. The van der Waals surface area contributed by atoms with Crippen LogP contribution in [0.15, 0.2) is 53.4 Å². The zero-order valence-electron chi connectivity index (χ0n) is 15.6. The molecule has 1 fully saturated rings. The highest BCUT2D eigenvalue weighted by atomic mass is 32.2. The van der Waals surface area contributed by atoms with E-state index in [1.807, 2.05) is 0 Å². The summed E-state index contributed by atoms with van der Waals surface area (Å²) in [5.74, 6) is -0.488. The molecule has 160 valence electrons. The van der Waals surface area contributed by atoms with Crippen LogP contribution in [0.25, 0.3) is 0 Å². The molecule has 2 amide bonds. The van der Waals surface area contributed by atoms with Crippen molar-refractivity contribution < 1.29 is 31.2 Å². The smallest absolute Gasteiger partial charge is 0.322 e. The molecule has 1 aliphatic heterocycles. The number of benzene rings is 2. The highest BCUT2D eigenvalue weighted by molar-refractivity contribution is 7.89. The van der Waals surface area contributed by atoms with E-state index < -0.39 is 28.7 Å². The van der Waals surface area contributed by atoms with Gasteiger partial charge in [-0.1, -0.05) is 6.07 Å². The topological polar surface area (TPSA) is 95.6 Å². The Kier molecular flexibility index (Phi) is 6.13. The molecule has 2 aromatic carbocycles. The largest absolute Gasteiger partial charge is 0.402 e. The van der Waals surface area contributed by atoms with Gasteiger partial charge < -0.3 is 10.2 Å². The molecule has 2 N–H and O–H groups in total. The third-order valence-corrected chi connectivity index (χ3v) is 5.80. The first kappa shape index (κ1) is 21.8. The first-order valence-corrected chi connectivity index (χ1v) is 10.4. The fourth-order valence-corrected chi connectivity index (χ4v) is 3.93. The van der Waals surface area contributed by atoms with Crippen LogP contribution in [0.5, 0.6) is 0 Å². The molecule has 0 aliphatic carbocycles. The van der Waals surface area contributed by atoms with Crippen LogP contribution in [-0.2, 0) is 14.8 Å². The molecule has 1 heterocycles. The Labute approximate surface area is 170 Å². The summed E-state index contributed by atoms with van der Waals surface area (Å²) in [5, 5.41) is 2.58. The normalized spacial score (nSPS) is 14.8. The first-order chi connectivity index (χ1) is 14.0. The summed E-state index contributed by atoms with van der Waals surface area (Å²) < 4.78 is 61.9. The van der Waals surface area contributed by atoms with Crippen LogP contribution in [0.4, 0.5) is 24.5 Å². The van der Waals surface area contributed by atoms with E-state index >= 15 is 0 Å². The fourth-order valence-electron chi connectivity index (χ4n) is 2.92. The second kappa shape index (κ2) is 8.44. The van der Waals surface area contributed by atoms with Crippen molar-refractivity contribution in [1.82, 2.24) is 4.72 Å². The van der Waals surface area contributed by atoms with Crippen molar-refractivity contribution in [2.24, 2.45) is 0 Å². The molecule has 11 heteroatoms. The van der Waals surface area contributed by atoms with Crippen molar-refractivity contribution in [3.05, 3.63) is 54.1 Å². The second-order valence-electron chi connectivity index (χ2n) is 6.62. The van der Waals surface area contributed by atoms with Gasteiger partial charge in [0.05, 0.1) is 4.90 Å². The number of anilines is 2. The zero-order chi connectivity index (χ0) is 21.9. The van der Waals surface area contributed by atoms with Gasteiger partial charge in [0.1, 0.15) is 6.54 Å². The fraction of sp³-hybridized carbons (Fsp3) is 0.263. The van der Waals surface area contributed by atoms with Gasteiger partial charge in [-0.3, -0.25) is 9.59 Å². The van der Waals surface area contributed by atoms with Crippen molar-refractivity contribution in [3.63, 3.8) is 0 Å². The minimum atomic E-state index is -4.67. The summed E-state index contributed by atoms with van der Waals surface area (Å²) in [4.78, 5) is 25.6. The van der Waals surface area contributed by atoms with Crippen LogP contribution < -0.4 is 14.9 Å². The minimum Gasteiger partial charge on any atom is -0.322 e. The second-order valence-corrected chi connectivity index (χ2v) is 8.38. The molecule has 1 saturated heterocycles. The lowest BCUT2D eigenvalue weighted by Gasteiger charge is -2.16. The van der Waals surface area contributed by atoms with E-state index in [-0.39, 0.29) is 16.5 Å². The van der Waals surface area contributed by atoms with E-state index in [0.717, 1.165) is 18.6 Å². The van der Waals surface area contributed by atoms with Gasteiger partial charge in [-0.15, -0.1) is 0 Å². The molecule has 1 aliphatic rings. The number of hydrogen-bond donors (Lipinski definition) is 2. The zero-order valence-corrected chi connectivity index (χ0v) is 16.4. The van der Waals surface area contributed by atoms with E-state index in [9.17, 15) is 31.2 Å². The molecule has 30 heavy (non-hydrogen) atoms. The Morgan fingerprint density at radius 2 is 1.80 bits per heavy atom. The summed E-state index contributed by atoms with van der Waals surface area (Å²) in [6.07, 6.45) is -3.46. The van der Waals surface area contributed by atoms with E-state index in [2.05, 4.69) is 5.32 Å². The van der Waals surface area contributed by atoms with Crippen LogP contribution in [0, 0.1) is 0 Å². The Morgan fingerprint density at radius 1 is 1.10 bits per heavy atom. The van der Waals surface area contributed by atoms with Crippen molar-refractivity contribution in [2.45, 2.75) is 23.9 Å². The van der Waals surface area contributed by atoms with Gasteiger partial charge in [-0.2, -0.15) is 13.2 Å². The lowest BCUT2D eigenvalue weighted by Crippen LogP contribution is -2.33. The predicted octanol–water partition coefficient (Wildman–Crippen LogP) is 2.91. The number of nitrogens with zero attached hydrogens (tertiary/aromatic N) is 1. The number of amides is 2. The first-order valence-electron chi connectivity index (χ1n) is 8.93. The highest BCUT2D eigenvalue weighted by Gasteiger charge is 2.30. The Bertz CT molecular complexity index is 1050. The Hall–Kier alpha value is -2.92. The van der Waals surface area contributed by atoms with Crippen molar-refractivity contribution in [1.29, 1.82) is 0 Å². The summed E-state index contributed by atoms with van der Waals surface area (Å²) in [6.45, 7) is -1.09. The molecule has 0 bridgehead atoms. The third-order valence-electron chi connectivity index (χ3n) is 4.38. The maximum Gasteiger partial charge on any atom is 0.402 e. The summed E-state index contributed by atoms with van der Waals surface area (Å²) >= 11 is 0. The molecule has 3 rings (SSSR count). The minimum absolute atomic E-state index is 0.0107. The summed E-state index contributed by atoms with van der Waals surface area (Å²) in [6, 6.07) is 11.3. The average molecular weight is 441 g/mol. The van der Waals surface area contributed by atoms with Crippen molar-refractivity contribution >= 4 is 33.2 Å². The SMILES string of the molecule is O=C(Nc1ccc(S(=O)(=O)NCC(F)(F)F)cc1)c1cccc(N2CCCC2=O)c1. The molecule has 0 spiro atoms. The van der Waals surface area contributed by atoms with E-state index in [4.69, 9.17) is 0 Å². The summed E-state index contributed by atoms with van der Waals surface area (Å²) in [5.41, 5.74) is 1.18. The number of hydrogen-bond acceptors (Lipinski definition) is 4. The van der Waals surface area contributed by atoms with Crippen LogP contribution >= 0.6 is 0 Å². The molecule has 0 unspecified atom stereocenters. The van der Waals surface area contributed by atoms with Crippen LogP contribution in [0.2, 0.25) is 0 Å². The van der Waals surface area contributed by atoms with E-state index in [0.29, 0.717) is 24.2 Å². The number of carbonyl (C=O) groups is 2. The lowest BCUT2D eigenvalue weighted by molar-refractivity contribution is -0.121. The maximum atomic E-state index is 12.5. The van der Waals surface area contributed by atoms with Crippen LogP contribution in [0.1, 0.15) is 23.2 Å². The quantitative estimate of drug-likeness (QED) is 0.721. The van der Waals surface area contributed by atoms with Gasteiger partial charge in [-0.25, -0.2) is 13.1 Å². The van der Waals surface area contributed by atoms with Crippen molar-refractivity contribution in [3.8, 4) is 0 Å². The molecule has 2 aromatic rings. The Morgan fingerprint density at radius 3 is 2.40 bits per heavy atom. The Balaban J connectivity index is 1.68. The number of carbonyl (C=O) groups excluding carboxylic acids is 2. The van der Waals surface area contributed by atoms with Crippen molar-refractivity contribution in [2.75, 3.05) is 23.3 Å². The predicted molar refractivity (Wildman–Crippen MR) is 104 cm³/mol. The monoisotopic (exact) mass is 441 g/mol. The van der Waals surface area contributed by atoms with Gasteiger partial charge in [0.15, 0.2) is 0 Å². The van der Waals surface area contributed by atoms with Crippen LogP contribution in [-0.4, -0.2) is 39.5 Å². The number of alkyl halides is 3. The molecular formula is C19H18F3N3O4S. The summed E-state index contributed by atoms with van der Waals surface area (Å²) in [7, 11) is -4.33. The third kappa shape index (κ3) is 5.36. The van der Waals surface area contributed by atoms with Gasteiger partial charge in [0, 0.05) is 29.9 Å². The molecule has 0 atom stereocenters.